The first-order valence-electron chi connectivity index (χ1n) is 6.86. The van der Waals surface area contributed by atoms with Crippen molar-refractivity contribution in [2.45, 2.75) is 25.7 Å². The summed E-state index contributed by atoms with van der Waals surface area (Å²) >= 11 is 0. The van der Waals surface area contributed by atoms with Gasteiger partial charge in [-0.25, -0.2) is 0 Å². The van der Waals surface area contributed by atoms with Crippen LogP contribution in [-0.2, 0) is 0 Å². The molecule has 0 bridgehead atoms. The number of nitrogens with zero attached hydrogens (tertiary/aromatic N) is 1. The van der Waals surface area contributed by atoms with Crippen molar-refractivity contribution in [3.8, 4) is 0 Å². The molecule has 0 amide bonds. The van der Waals surface area contributed by atoms with Crippen LogP contribution in [0.1, 0.15) is 42.4 Å². The molecule has 100 valence electrons. The number of likely N-dealkylation sites (N-methyl/N-ethyl adjacent to an activating group) is 1. The number of rotatable bonds is 5. The van der Waals surface area contributed by atoms with Gasteiger partial charge in [-0.15, -0.1) is 0 Å². The predicted octanol–water partition coefficient (Wildman–Crippen LogP) is 3.56. The highest BCUT2D eigenvalue weighted by Crippen LogP contribution is 2.25. The minimum atomic E-state index is 0.361. The molecule has 1 N–H and O–H groups in total. The second kappa shape index (κ2) is 6.48. The Morgan fingerprint density at radius 1 is 1.00 bits per heavy atom. The number of pyridine rings is 1. The van der Waals surface area contributed by atoms with Gasteiger partial charge in [-0.05, 0) is 35.7 Å². The van der Waals surface area contributed by atoms with Crippen molar-refractivity contribution in [2.75, 3.05) is 13.6 Å². The zero-order valence-electron chi connectivity index (χ0n) is 11.9. The highest BCUT2D eigenvalue weighted by Gasteiger charge is 2.13. The van der Waals surface area contributed by atoms with Crippen LogP contribution in [0.25, 0.3) is 0 Å². The standard InChI is InChI=1S/C17H22N2/c1-13(2)14-6-8-15(9-7-14)17(12-18-3)16-5-4-10-19-11-16/h4-11,13,17-18H,12H2,1-3H3. The number of aromatic nitrogens is 1. The van der Waals surface area contributed by atoms with Gasteiger partial charge in [-0.3, -0.25) is 4.98 Å². The van der Waals surface area contributed by atoms with E-state index in [0.717, 1.165) is 6.54 Å². The SMILES string of the molecule is CNCC(c1ccc(C(C)C)cc1)c1cccnc1. The maximum absolute atomic E-state index is 4.23. The van der Waals surface area contributed by atoms with Crippen LogP contribution in [0.3, 0.4) is 0 Å². The molecular weight excluding hydrogens is 232 g/mol. The monoisotopic (exact) mass is 254 g/mol. The smallest absolute Gasteiger partial charge is 0.0306 e. The van der Waals surface area contributed by atoms with E-state index in [1.807, 2.05) is 25.5 Å². The van der Waals surface area contributed by atoms with Gasteiger partial charge >= 0.3 is 0 Å². The molecule has 0 aliphatic rings. The van der Waals surface area contributed by atoms with Gasteiger partial charge in [0.05, 0.1) is 0 Å². The molecule has 0 aliphatic carbocycles. The molecule has 0 saturated carbocycles. The van der Waals surface area contributed by atoms with E-state index in [1.165, 1.54) is 16.7 Å². The first-order valence-corrected chi connectivity index (χ1v) is 6.86. The summed E-state index contributed by atoms with van der Waals surface area (Å²) in [4.78, 5) is 4.23. The fraction of sp³-hybridized carbons (Fsp3) is 0.353. The molecule has 19 heavy (non-hydrogen) atoms. The molecule has 0 radical (unpaired) electrons. The van der Waals surface area contributed by atoms with Gasteiger partial charge in [0, 0.05) is 24.9 Å². The lowest BCUT2D eigenvalue weighted by atomic mass is 9.90. The van der Waals surface area contributed by atoms with Crippen LogP contribution in [0.2, 0.25) is 0 Å². The largest absolute Gasteiger partial charge is 0.319 e. The summed E-state index contributed by atoms with van der Waals surface area (Å²) in [6.07, 6.45) is 3.78. The quantitative estimate of drug-likeness (QED) is 0.882. The first-order chi connectivity index (χ1) is 9.22. The van der Waals surface area contributed by atoms with E-state index in [0.29, 0.717) is 11.8 Å². The van der Waals surface area contributed by atoms with Gasteiger partial charge in [-0.2, -0.15) is 0 Å². The lowest BCUT2D eigenvalue weighted by Crippen LogP contribution is -2.18. The van der Waals surface area contributed by atoms with Crippen LogP contribution in [0, 0.1) is 0 Å². The Hall–Kier alpha value is -1.67. The Kier molecular flexibility index (Phi) is 4.69. The van der Waals surface area contributed by atoms with E-state index in [-0.39, 0.29) is 0 Å². The molecule has 2 rings (SSSR count). The Morgan fingerprint density at radius 2 is 1.68 bits per heavy atom. The lowest BCUT2D eigenvalue weighted by molar-refractivity contribution is 0.705. The van der Waals surface area contributed by atoms with E-state index in [2.05, 4.69) is 54.5 Å². The Bertz CT molecular complexity index is 488. The molecule has 0 saturated heterocycles. The van der Waals surface area contributed by atoms with Crippen molar-refractivity contribution in [1.82, 2.24) is 10.3 Å². The van der Waals surface area contributed by atoms with E-state index in [1.54, 1.807) is 0 Å². The van der Waals surface area contributed by atoms with Gasteiger partial charge in [0.2, 0.25) is 0 Å². The van der Waals surface area contributed by atoms with Crippen LogP contribution in [0.4, 0.5) is 0 Å². The predicted molar refractivity (Wildman–Crippen MR) is 80.5 cm³/mol. The molecule has 0 fully saturated rings. The second-order valence-corrected chi connectivity index (χ2v) is 5.22. The second-order valence-electron chi connectivity index (χ2n) is 5.22. The molecule has 1 unspecified atom stereocenters. The maximum atomic E-state index is 4.23. The average Bonchev–Trinajstić information content (AvgIpc) is 2.46. The summed E-state index contributed by atoms with van der Waals surface area (Å²) in [5.41, 5.74) is 3.99. The van der Waals surface area contributed by atoms with Gasteiger partial charge in [0.25, 0.3) is 0 Å². The fourth-order valence-corrected chi connectivity index (χ4v) is 2.33. The van der Waals surface area contributed by atoms with E-state index in [4.69, 9.17) is 0 Å². The maximum Gasteiger partial charge on any atom is 0.0306 e. The fourth-order valence-electron chi connectivity index (χ4n) is 2.33. The summed E-state index contributed by atoms with van der Waals surface area (Å²) in [5, 5.41) is 3.27. The van der Waals surface area contributed by atoms with Gasteiger partial charge in [0.1, 0.15) is 0 Å². The molecule has 0 aliphatic heterocycles. The van der Waals surface area contributed by atoms with Crippen LogP contribution in [0.15, 0.2) is 48.8 Å². The minimum absolute atomic E-state index is 0.361. The van der Waals surface area contributed by atoms with Crippen molar-refractivity contribution in [3.63, 3.8) is 0 Å². The van der Waals surface area contributed by atoms with Crippen molar-refractivity contribution in [1.29, 1.82) is 0 Å². The number of hydrogen-bond acceptors (Lipinski definition) is 2. The van der Waals surface area contributed by atoms with Crippen LogP contribution in [0.5, 0.6) is 0 Å². The van der Waals surface area contributed by atoms with Crippen molar-refractivity contribution in [2.24, 2.45) is 0 Å². The van der Waals surface area contributed by atoms with Crippen LogP contribution < -0.4 is 5.32 Å². The van der Waals surface area contributed by atoms with Crippen LogP contribution >= 0.6 is 0 Å². The van der Waals surface area contributed by atoms with Gasteiger partial charge < -0.3 is 5.32 Å². The molecule has 1 atom stereocenters. The Labute approximate surface area is 115 Å². The zero-order valence-corrected chi connectivity index (χ0v) is 11.9. The van der Waals surface area contributed by atoms with Gasteiger partial charge in [-0.1, -0.05) is 44.2 Å². The Morgan fingerprint density at radius 3 is 2.21 bits per heavy atom. The van der Waals surface area contributed by atoms with E-state index < -0.39 is 0 Å². The van der Waals surface area contributed by atoms with Crippen molar-refractivity contribution in [3.05, 3.63) is 65.5 Å². The third-order valence-corrected chi connectivity index (χ3v) is 3.50. The Balaban J connectivity index is 2.29. The molecule has 1 aromatic carbocycles. The van der Waals surface area contributed by atoms with E-state index in [9.17, 15) is 0 Å². The molecule has 2 heteroatoms. The molecular formula is C17H22N2. The third kappa shape index (κ3) is 3.42. The van der Waals surface area contributed by atoms with Crippen molar-refractivity contribution < 1.29 is 0 Å². The molecule has 1 aromatic heterocycles. The number of hydrogen-bond donors (Lipinski definition) is 1. The van der Waals surface area contributed by atoms with Crippen molar-refractivity contribution >= 4 is 0 Å². The first kappa shape index (κ1) is 13.8. The summed E-state index contributed by atoms with van der Waals surface area (Å²) < 4.78 is 0. The highest BCUT2D eigenvalue weighted by molar-refractivity contribution is 5.34. The van der Waals surface area contributed by atoms with Gasteiger partial charge in [0.15, 0.2) is 0 Å². The average molecular weight is 254 g/mol. The summed E-state index contributed by atoms with van der Waals surface area (Å²) in [6, 6.07) is 13.1. The lowest BCUT2D eigenvalue weighted by Gasteiger charge is -2.18. The molecule has 2 nitrogen and oxygen atoms in total. The summed E-state index contributed by atoms with van der Waals surface area (Å²) in [6.45, 7) is 5.37. The highest BCUT2D eigenvalue weighted by atomic mass is 14.8. The van der Waals surface area contributed by atoms with E-state index >= 15 is 0 Å². The molecule has 2 aromatic rings. The topological polar surface area (TPSA) is 24.9 Å². The summed E-state index contributed by atoms with van der Waals surface area (Å²) in [7, 11) is 1.99. The number of nitrogens with one attached hydrogen (secondary N) is 1. The third-order valence-electron chi connectivity index (χ3n) is 3.50. The molecule has 0 spiro atoms. The minimum Gasteiger partial charge on any atom is -0.319 e. The summed E-state index contributed by atoms with van der Waals surface area (Å²) in [5.74, 6) is 0.940. The zero-order chi connectivity index (χ0) is 13.7. The molecule has 1 heterocycles. The number of benzene rings is 1. The normalized spacial score (nSPS) is 12.6. The van der Waals surface area contributed by atoms with Crippen LogP contribution in [-0.4, -0.2) is 18.6 Å².